The zero-order valence-electron chi connectivity index (χ0n) is 22.3. The number of benzene rings is 4. The van der Waals surface area contributed by atoms with E-state index in [0.29, 0.717) is 16.7 Å². The van der Waals surface area contributed by atoms with E-state index in [1.165, 1.54) is 0 Å². The highest BCUT2D eigenvalue weighted by molar-refractivity contribution is 5.98. The quantitative estimate of drug-likeness (QED) is 0.265. The number of carbonyl (C=O) groups is 1. The highest BCUT2D eigenvalue weighted by Crippen LogP contribution is 2.42. The van der Waals surface area contributed by atoms with E-state index in [0.717, 1.165) is 38.9 Å². The Labute approximate surface area is 218 Å². The highest BCUT2D eigenvalue weighted by atomic mass is 16.3. The van der Waals surface area contributed by atoms with E-state index >= 15 is 0 Å². The van der Waals surface area contributed by atoms with Gasteiger partial charge in [0, 0.05) is 0 Å². The summed E-state index contributed by atoms with van der Waals surface area (Å²) in [6.45, 7) is 11.2. The number of hydrogen-bond acceptors (Lipinski definition) is 4. The van der Waals surface area contributed by atoms with Crippen LogP contribution in [-0.4, -0.2) is 21.1 Å². The molecule has 4 heteroatoms. The van der Waals surface area contributed by atoms with E-state index in [9.17, 15) is 20.1 Å². The number of phenolic OH excluding ortho intramolecular Hbond substituents is 3. The average molecular weight is 495 g/mol. The van der Waals surface area contributed by atoms with E-state index in [1.807, 2.05) is 90.1 Å². The molecular weight excluding hydrogens is 460 g/mol. The summed E-state index contributed by atoms with van der Waals surface area (Å²) in [7, 11) is 0. The molecule has 0 aromatic heterocycles. The predicted octanol–water partition coefficient (Wildman–Crippen LogP) is 7.19. The predicted molar refractivity (Wildman–Crippen MR) is 148 cm³/mol. The number of Topliss-reactive ketones (excluding diaryl/α,β-unsaturated/α-hetero) is 1. The molecule has 0 saturated carbocycles. The first kappa shape index (κ1) is 26.0. The number of aromatic hydroxyl groups is 3. The van der Waals surface area contributed by atoms with Crippen molar-refractivity contribution in [3.8, 4) is 17.2 Å². The molecule has 1 unspecified atom stereocenters. The molecule has 0 heterocycles. The van der Waals surface area contributed by atoms with Gasteiger partial charge in [0.05, 0.1) is 11.8 Å². The molecule has 190 valence electrons. The molecule has 0 fully saturated rings. The first-order chi connectivity index (χ1) is 17.5. The zero-order chi connectivity index (χ0) is 27.0. The molecule has 4 aromatic rings. The molecule has 1 atom stereocenters. The van der Waals surface area contributed by atoms with Gasteiger partial charge in [0.2, 0.25) is 0 Å². The fraction of sp³-hybridized carbons (Fsp3) is 0.242. The van der Waals surface area contributed by atoms with Gasteiger partial charge in [-0.2, -0.15) is 0 Å². The first-order valence-corrected chi connectivity index (χ1v) is 12.5. The van der Waals surface area contributed by atoms with Crippen LogP contribution in [0.15, 0.2) is 66.7 Å². The molecule has 4 nitrogen and oxygen atoms in total. The van der Waals surface area contributed by atoms with Crippen LogP contribution in [0.25, 0.3) is 0 Å². The van der Waals surface area contributed by atoms with Crippen molar-refractivity contribution >= 4 is 5.78 Å². The average Bonchev–Trinajstić information content (AvgIpc) is 2.84. The van der Waals surface area contributed by atoms with Crippen LogP contribution in [0.2, 0.25) is 0 Å². The summed E-state index contributed by atoms with van der Waals surface area (Å²) < 4.78 is 0. The lowest BCUT2D eigenvalue weighted by atomic mass is 9.73. The molecule has 37 heavy (non-hydrogen) atoms. The van der Waals surface area contributed by atoms with Gasteiger partial charge in [0.25, 0.3) is 0 Å². The standard InChI is InChI=1S/C33H34O4/c1-18-15-28(34)21(4)12-25(18)31(24-10-8-7-9-11-24)33(37)32(26-13-22(5)29(35)16-19(26)2)27-14-23(6)30(36)17-20(27)3/h7-17,31-32,34-36H,1-6H3. The fourth-order valence-corrected chi connectivity index (χ4v) is 5.19. The molecule has 4 aromatic carbocycles. The molecule has 0 saturated heterocycles. The van der Waals surface area contributed by atoms with E-state index < -0.39 is 11.8 Å². The van der Waals surface area contributed by atoms with Gasteiger partial charge >= 0.3 is 0 Å². The fourth-order valence-electron chi connectivity index (χ4n) is 5.19. The minimum absolute atomic E-state index is 0.0132. The topological polar surface area (TPSA) is 77.8 Å². The molecule has 4 rings (SSSR count). The van der Waals surface area contributed by atoms with Crippen molar-refractivity contribution in [1.82, 2.24) is 0 Å². The minimum atomic E-state index is -0.641. The van der Waals surface area contributed by atoms with E-state index in [1.54, 1.807) is 18.2 Å². The Balaban J connectivity index is 2.04. The van der Waals surface area contributed by atoms with Gasteiger partial charge in [-0.05, 0) is 115 Å². The Kier molecular flexibility index (Phi) is 7.13. The summed E-state index contributed by atoms with van der Waals surface area (Å²) in [6.07, 6.45) is 0. The number of phenols is 3. The summed E-state index contributed by atoms with van der Waals surface area (Å²) in [5.41, 5.74) is 7.92. The van der Waals surface area contributed by atoms with E-state index in [-0.39, 0.29) is 23.0 Å². The van der Waals surface area contributed by atoms with Gasteiger partial charge in [0.15, 0.2) is 5.78 Å². The third kappa shape index (κ3) is 4.97. The minimum Gasteiger partial charge on any atom is -0.508 e. The maximum Gasteiger partial charge on any atom is 0.156 e. The molecule has 0 amide bonds. The van der Waals surface area contributed by atoms with Crippen molar-refractivity contribution in [2.75, 3.05) is 0 Å². The number of carbonyl (C=O) groups excluding carboxylic acids is 1. The van der Waals surface area contributed by atoms with Crippen LogP contribution in [0.5, 0.6) is 17.2 Å². The van der Waals surface area contributed by atoms with Crippen LogP contribution in [0.3, 0.4) is 0 Å². The second-order valence-corrected chi connectivity index (χ2v) is 10.2. The van der Waals surface area contributed by atoms with Crippen molar-refractivity contribution in [2.45, 2.75) is 53.4 Å². The summed E-state index contributed by atoms with van der Waals surface area (Å²) in [5, 5.41) is 31.1. The van der Waals surface area contributed by atoms with Crippen LogP contribution >= 0.6 is 0 Å². The summed E-state index contributed by atoms with van der Waals surface area (Å²) in [4.78, 5) is 14.9. The van der Waals surface area contributed by atoms with Crippen LogP contribution in [0.1, 0.15) is 67.5 Å². The second-order valence-electron chi connectivity index (χ2n) is 10.2. The lowest BCUT2D eigenvalue weighted by molar-refractivity contribution is -0.120. The van der Waals surface area contributed by atoms with Gasteiger partial charge in [-0.3, -0.25) is 4.79 Å². The van der Waals surface area contributed by atoms with Crippen LogP contribution in [-0.2, 0) is 4.79 Å². The van der Waals surface area contributed by atoms with Crippen LogP contribution in [0, 0.1) is 41.5 Å². The maximum absolute atomic E-state index is 14.9. The molecule has 0 aliphatic carbocycles. The molecule has 0 radical (unpaired) electrons. The Morgan fingerprint density at radius 3 is 1.24 bits per heavy atom. The zero-order valence-corrected chi connectivity index (χ0v) is 22.3. The number of ketones is 1. The Hall–Kier alpha value is -4.05. The summed E-state index contributed by atoms with van der Waals surface area (Å²) >= 11 is 0. The summed E-state index contributed by atoms with van der Waals surface area (Å²) in [5.74, 6) is -0.663. The summed E-state index contributed by atoms with van der Waals surface area (Å²) in [6, 6.07) is 20.5. The number of hydrogen-bond donors (Lipinski definition) is 3. The molecular formula is C33H34O4. The van der Waals surface area contributed by atoms with Crippen LogP contribution in [0.4, 0.5) is 0 Å². The SMILES string of the molecule is Cc1cc(C(C(=O)C(c2cc(C)c(O)cc2C)c2cc(C)c(O)cc2C)c2ccccc2)c(C)cc1O. The monoisotopic (exact) mass is 494 g/mol. The van der Waals surface area contributed by atoms with Gasteiger partial charge < -0.3 is 15.3 Å². The second kappa shape index (κ2) is 10.1. The van der Waals surface area contributed by atoms with Crippen molar-refractivity contribution in [3.63, 3.8) is 0 Å². The normalized spacial score (nSPS) is 12.1. The third-order valence-electron chi connectivity index (χ3n) is 7.39. The van der Waals surface area contributed by atoms with Crippen molar-refractivity contribution < 1.29 is 20.1 Å². The third-order valence-corrected chi connectivity index (χ3v) is 7.39. The Morgan fingerprint density at radius 1 is 0.514 bits per heavy atom. The van der Waals surface area contributed by atoms with Crippen molar-refractivity contribution in [2.24, 2.45) is 0 Å². The van der Waals surface area contributed by atoms with Gasteiger partial charge in [0.1, 0.15) is 17.2 Å². The number of aryl methyl sites for hydroxylation is 6. The largest absolute Gasteiger partial charge is 0.508 e. The number of rotatable bonds is 6. The van der Waals surface area contributed by atoms with E-state index in [2.05, 4.69) is 0 Å². The molecule has 0 aliphatic heterocycles. The lowest BCUT2D eigenvalue weighted by Crippen LogP contribution is -2.25. The lowest BCUT2D eigenvalue weighted by Gasteiger charge is -2.28. The molecule has 3 N–H and O–H groups in total. The first-order valence-electron chi connectivity index (χ1n) is 12.5. The van der Waals surface area contributed by atoms with E-state index in [4.69, 9.17) is 0 Å². The highest BCUT2D eigenvalue weighted by Gasteiger charge is 2.35. The smallest absolute Gasteiger partial charge is 0.156 e. The maximum atomic E-state index is 14.9. The van der Waals surface area contributed by atoms with Crippen molar-refractivity contribution in [3.05, 3.63) is 122 Å². The Bertz CT molecular complexity index is 1430. The Morgan fingerprint density at radius 2 is 0.865 bits per heavy atom. The van der Waals surface area contributed by atoms with Crippen LogP contribution < -0.4 is 0 Å². The van der Waals surface area contributed by atoms with Gasteiger partial charge in [-0.15, -0.1) is 0 Å². The molecule has 0 spiro atoms. The molecule has 0 aliphatic rings. The van der Waals surface area contributed by atoms with Gasteiger partial charge in [-0.25, -0.2) is 0 Å². The molecule has 0 bridgehead atoms. The van der Waals surface area contributed by atoms with Crippen molar-refractivity contribution in [1.29, 1.82) is 0 Å². The van der Waals surface area contributed by atoms with Gasteiger partial charge in [-0.1, -0.05) is 48.5 Å².